The smallest absolute Gasteiger partial charge is 0.421 e. The molecule has 1 aliphatic carbocycles. The number of nitrogens with zero attached hydrogens (tertiary/aromatic N) is 3. The van der Waals surface area contributed by atoms with Crippen molar-refractivity contribution in [3.8, 4) is 17.1 Å². The molecule has 9 heteroatoms. The Morgan fingerprint density at radius 2 is 1.82 bits per heavy atom. The van der Waals surface area contributed by atoms with E-state index in [-0.39, 0.29) is 23.1 Å². The Balaban J connectivity index is 1.30. The summed E-state index contributed by atoms with van der Waals surface area (Å²) in [6, 6.07) is 4.68. The van der Waals surface area contributed by atoms with Crippen LogP contribution in [0.25, 0.3) is 11.3 Å². The molecule has 0 radical (unpaired) electrons. The summed E-state index contributed by atoms with van der Waals surface area (Å²) in [5.41, 5.74) is -0.382. The van der Waals surface area contributed by atoms with E-state index in [1.807, 2.05) is 0 Å². The number of aryl methyl sites for hydroxylation is 1. The number of fused-ring (bicyclic) bond motifs is 1. The van der Waals surface area contributed by atoms with Crippen molar-refractivity contribution in [2.75, 3.05) is 32.8 Å². The number of halogens is 4. The Morgan fingerprint density at radius 1 is 1.12 bits per heavy atom. The first-order chi connectivity index (χ1) is 16.6. The van der Waals surface area contributed by atoms with Gasteiger partial charge in [-0.1, -0.05) is 6.07 Å². The van der Waals surface area contributed by atoms with Crippen molar-refractivity contribution in [3.63, 3.8) is 0 Å². The van der Waals surface area contributed by atoms with Crippen LogP contribution in [0.5, 0.6) is 5.88 Å². The van der Waals surface area contributed by atoms with Crippen LogP contribution >= 0.6 is 0 Å². The monoisotopic (exact) mass is 480 g/mol. The molecular formula is C25H29F4N3O2. The van der Waals surface area contributed by atoms with Gasteiger partial charge in [0.2, 0.25) is 5.88 Å². The van der Waals surface area contributed by atoms with Gasteiger partial charge in [-0.2, -0.15) is 13.2 Å². The Labute approximate surface area is 197 Å². The molecule has 0 spiro atoms. The zero-order valence-corrected chi connectivity index (χ0v) is 19.1. The number of benzene rings is 1. The van der Waals surface area contributed by atoms with E-state index in [4.69, 9.17) is 10.8 Å². The molecular weight excluding hydrogens is 450 g/mol. The number of alkyl halides is 3. The van der Waals surface area contributed by atoms with E-state index in [9.17, 15) is 17.6 Å². The van der Waals surface area contributed by atoms with Gasteiger partial charge in [0.25, 0.3) is 0 Å². The Bertz CT molecular complexity index is 1060. The van der Waals surface area contributed by atoms with Crippen LogP contribution in [0.3, 0.4) is 0 Å². The van der Waals surface area contributed by atoms with E-state index in [1.54, 1.807) is 6.92 Å². The number of likely N-dealkylation sites (tertiary alicyclic amines) is 1. The van der Waals surface area contributed by atoms with Crippen LogP contribution in [0, 0.1) is 30.5 Å². The lowest BCUT2D eigenvalue weighted by Gasteiger charge is -2.27. The average Bonchev–Trinajstić information content (AvgIpc) is 3.29. The molecule has 2 aliphatic heterocycles. The van der Waals surface area contributed by atoms with Crippen LogP contribution in [0.1, 0.15) is 38.2 Å². The molecule has 0 N–H and O–H groups in total. The third-order valence-electron chi connectivity index (χ3n) is 7.27. The van der Waals surface area contributed by atoms with Crippen LogP contribution in [0.4, 0.5) is 17.6 Å². The quantitative estimate of drug-likeness (QED) is 0.556. The molecule has 3 fully saturated rings. The van der Waals surface area contributed by atoms with Gasteiger partial charge < -0.3 is 14.4 Å². The van der Waals surface area contributed by atoms with E-state index in [1.165, 1.54) is 12.1 Å². The van der Waals surface area contributed by atoms with Gasteiger partial charge in [-0.3, -0.25) is 0 Å². The SMILES string of the molecule is [2H]C1(Oc2nnc(-c3cc(F)ccc3C)cc2C(F)(F)F)C[C@H]2CN(CC3CCOCC3)C[C@H]2C1. The highest BCUT2D eigenvalue weighted by atomic mass is 19.4. The second-order valence-electron chi connectivity index (χ2n) is 9.75. The fourth-order valence-electron chi connectivity index (χ4n) is 5.49. The van der Waals surface area contributed by atoms with E-state index >= 15 is 0 Å². The summed E-state index contributed by atoms with van der Waals surface area (Å²) >= 11 is 0. The van der Waals surface area contributed by atoms with Crippen molar-refractivity contribution in [1.29, 1.82) is 0 Å². The predicted octanol–water partition coefficient (Wildman–Crippen LogP) is 5.13. The highest BCUT2D eigenvalue weighted by Gasteiger charge is 2.44. The number of ether oxygens (including phenoxy) is 2. The highest BCUT2D eigenvalue weighted by Crippen LogP contribution is 2.42. The van der Waals surface area contributed by atoms with Crippen molar-refractivity contribution in [2.24, 2.45) is 17.8 Å². The second-order valence-corrected chi connectivity index (χ2v) is 9.75. The molecule has 0 amide bonds. The fraction of sp³-hybridized carbons (Fsp3) is 0.600. The van der Waals surface area contributed by atoms with Crippen molar-refractivity contribution < 1.29 is 28.4 Å². The van der Waals surface area contributed by atoms with Gasteiger partial charge in [0, 0.05) is 38.4 Å². The summed E-state index contributed by atoms with van der Waals surface area (Å²) in [7, 11) is 0. The first-order valence-electron chi connectivity index (χ1n) is 12.3. The molecule has 2 aromatic rings. The molecule has 5 rings (SSSR count). The normalized spacial score (nSPS) is 28.7. The summed E-state index contributed by atoms with van der Waals surface area (Å²) in [5.74, 6) is -0.226. The van der Waals surface area contributed by atoms with Gasteiger partial charge in [-0.05, 0) is 74.1 Å². The molecule has 2 saturated heterocycles. The van der Waals surface area contributed by atoms with E-state index in [0.717, 1.165) is 57.8 Å². The molecule has 184 valence electrons. The van der Waals surface area contributed by atoms with Crippen LogP contribution in [-0.4, -0.2) is 54.0 Å². The average molecular weight is 481 g/mol. The maximum atomic E-state index is 13.9. The zero-order chi connectivity index (χ0) is 24.8. The number of hydrogen-bond donors (Lipinski definition) is 0. The Morgan fingerprint density at radius 3 is 2.50 bits per heavy atom. The van der Waals surface area contributed by atoms with Gasteiger partial charge in [0.15, 0.2) is 0 Å². The minimum absolute atomic E-state index is 0.0900. The minimum Gasteiger partial charge on any atom is -0.473 e. The van der Waals surface area contributed by atoms with Crippen molar-refractivity contribution >= 4 is 0 Å². The highest BCUT2D eigenvalue weighted by molar-refractivity contribution is 5.64. The van der Waals surface area contributed by atoms with Gasteiger partial charge in [-0.25, -0.2) is 4.39 Å². The lowest BCUT2D eigenvalue weighted by atomic mass is 10.00. The minimum atomic E-state index is -4.76. The van der Waals surface area contributed by atoms with Crippen LogP contribution in [-0.2, 0) is 10.9 Å². The van der Waals surface area contributed by atoms with Crippen LogP contribution in [0.15, 0.2) is 24.3 Å². The fourth-order valence-corrected chi connectivity index (χ4v) is 5.49. The first kappa shape index (κ1) is 22.2. The van der Waals surface area contributed by atoms with Gasteiger partial charge in [-0.15, -0.1) is 10.2 Å². The second kappa shape index (κ2) is 9.41. The summed E-state index contributed by atoms with van der Waals surface area (Å²) in [4.78, 5) is 2.42. The summed E-state index contributed by atoms with van der Waals surface area (Å²) < 4.78 is 75.4. The van der Waals surface area contributed by atoms with Crippen molar-refractivity contribution in [3.05, 3.63) is 41.2 Å². The third kappa shape index (κ3) is 5.05. The number of aromatic nitrogens is 2. The Kier molecular flexibility index (Phi) is 6.15. The molecule has 3 atom stereocenters. The molecule has 3 aliphatic rings. The molecule has 5 nitrogen and oxygen atoms in total. The third-order valence-corrected chi connectivity index (χ3v) is 7.27. The predicted molar refractivity (Wildman–Crippen MR) is 118 cm³/mol. The van der Waals surface area contributed by atoms with E-state index < -0.39 is 29.5 Å². The molecule has 1 aromatic heterocycles. The number of hydrogen-bond acceptors (Lipinski definition) is 5. The summed E-state index contributed by atoms with van der Waals surface area (Å²) in [6.07, 6.45) is -3.42. The molecule has 1 saturated carbocycles. The standard InChI is InChI=1S/C25H29F4N3O2/c1-15-2-3-19(26)10-21(15)23-11-22(25(27,28)29)24(31-30-23)34-20-8-17-13-32(14-18(17)9-20)12-16-4-6-33-7-5-16/h2-3,10-11,16-18,20H,4-9,12-14H2,1H3/t17-,18+,20?/i20D. The largest absolute Gasteiger partial charge is 0.473 e. The number of rotatable bonds is 5. The Hall–Kier alpha value is -2.26. The van der Waals surface area contributed by atoms with Crippen LogP contribution in [0.2, 0.25) is 0 Å². The first-order valence-corrected chi connectivity index (χ1v) is 11.8. The van der Waals surface area contributed by atoms with Crippen molar-refractivity contribution in [1.82, 2.24) is 15.1 Å². The molecule has 34 heavy (non-hydrogen) atoms. The van der Waals surface area contributed by atoms with Crippen LogP contribution < -0.4 is 4.74 Å². The maximum Gasteiger partial charge on any atom is 0.421 e. The lowest BCUT2D eigenvalue weighted by molar-refractivity contribution is -0.139. The van der Waals surface area contributed by atoms with Crippen molar-refractivity contribution in [2.45, 2.75) is 44.9 Å². The molecule has 1 aromatic carbocycles. The topological polar surface area (TPSA) is 47.5 Å². The van der Waals surface area contributed by atoms with E-state index in [2.05, 4.69) is 15.1 Å². The summed E-state index contributed by atoms with van der Waals surface area (Å²) in [5, 5.41) is 7.63. The molecule has 0 bridgehead atoms. The molecule has 3 heterocycles. The maximum absolute atomic E-state index is 13.9. The summed E-state index contributed by atoms with van der Waals surface area (Å²) in [6.45, 7) is 5.94. The van der Waals surface area contributed by atoms with E-state index in [0.29, 0.717) is 24.3 Å². The molecule has 1 unspecified atom stereocenters. The zero-order valence-electron chi connectivity index (χ0n) is 20.1. The van der Waals surface area contributed by atoms with Gasteiger partial charge >= 0.3 is 6.18 Å². The lowest BCUT2D eigenvalue weighted by Crippen LogP contribution is -2.32. The van der Waals surface area contributed by atoms with Gasteiger partial charge in [0.05, 0.1) is 7.06 Å². The van der Waals surface area contributed by atoms with Gasteiger partial charge in [0.1, 0.15) is 17.5 Å².